The second-order valence-corrected chi connectivity index (χ2v) is 6.72. The minimum Gasteiger partial charge on any atom is -0.492 e. The van der Waals surface area contributed by atoms with E-state index in [1.54, 1.807) is 7.11 Å². The monoisotopic (exact) mass is 516 g/mol. The van der Waals surface area contributed by atoms with Crippen molar-refractivity contribution in [3.63, 3.8) is 0 Å². The SMILES string of the molecule is COCCCNC(=NCc1nnc(C)n1C)N(C)CCOc1ccc(C)cc1.I. The molecule has 8 nitrogen and oxygen atoms in total. The summed E-state index contributed by atoms with van der Waals surface area (Å²) in [5, 5.41) is 11.7. The van der Waals surface area contributed by atoms with Crippen molar-refractivity contribution >= 4 is 29.9 Å². The number of ether oxygens (including phenoxy) is 2. The molecular weight excluding hydrogens is 483 g/mol. The maximum Gasteiger partial charge on any atom is 0.194 e. The van der Waals surface area contributed by atoms with Crippen LogP contribution in [0.15, 0.2) is 29.3 Å². The Morgan fingerprint density at radius 3 is 2.52 bits per heavy atom. The third-order valence-electron chi connectivity index (χ3n) is 4.44. The number of aliphatic imine (C=N–C) groups is 1. The first-order valence-electron chi connectivity index (χ1n) is 9.54. The molecule has 0 amide bonds. The molecule has 0 aliphatic carbocycles. The topological polar surface area (TPSA) is 76.8 Å². The van der Waals surface area contributed by atoms with Crippen LogP contribution in [0, 0.1) is 13.8 Å². The highest BCUT2D eigenvalue weighted by atomic mass is 127. The van der Waals surface area contributed by atoms with Gasteiger partial charge in [0.15, 0.2) is 11.8 Å². The van der Waals surface area contributed by atoms with Gasteiger partial charge in [0.1, 0.15) is 24.7 Å². The third-order valence-corrected chi connectivity index (χ3v) is 4.44. The van der Waals surface area contributed by atoms with E-state index in [1.165, 1.54) is 5.56 Å². The molecule has 1 N–H and O–H groups in total. The zero-order valence-corrected chi connectivity index (χ0v) is 20.3. The first-order valence-corrected chi connectivity index (χ1v) is 9.54. The van der Waals surface area contributed by atoms with Gasteiger partial charge >= 0.3 is 0 Å². The number of aryl methyl sites for hydroxylation is 2. The quantitative estimate of drug-likeness (QED) is 0.227. The Hall–Kier alpha value is -1.88. The molecule has 2 rings (SSSR count). The second kappa shape index (κ2) is 13.4. The summed E-state index contributed by atoms with van der Waals surface area (Å²) in [6.45, 7) is 7.24. The Balaban J connectivity index is 0.00000420. The number of benzene rings is 1. The number of halogens is 1. The highest BCUT2D eigenvalue weighted by Gasteiger charge is 2.09. The Morgan fingerprint density at radius 2 is 1.90 bits per heavy atom. The van der Waals surface area contributed by atoms with Crippen molar-refractivity contribution in [2.45, 2.75) is 26.8 Å². The summed E-state index contributed by atoms with van der Waals surface area (Å²) in [7, 11) is 5.66. The molecule has 0 aliphatic rings. The zero-order valence-electron chi connectivity index (χ0n) is 18.0. The minimum absolute atomic E-state index is 0. The first kappa shape index (κ1) is 25.2. The van der Waals surface area contributed by atoms with Crippen molar-refractivity contribution in [3.05, 3.63) is 41.5 Å². The minimum atomic E-state index is 0. The molecule has 1 aromatic carbocycles. The van der Waals surface area contributed by atoms with E-state index in [0.29, 0.717) is 26.3 Å². The van der Waals surface area contributed by atoms with Gasteiger partial charge in [0.05, 0.1) is 6.54 Å². The van der Waals surface area contributed by atoms with Crippen LogP contribution in [-0.2, 0) is 18.3 Å². The van der Waals surface area contributed by atoms with E-state index in [9.17, 15) is 0 Å². The highest BCUT2D eigenvalue weighted by Crippen LogP contribution is 2.11. The van der Waals surface area contributed by atoms with E-state index in [4.69, 9.17) is 14.5 Å². The molecule has 0 atom stereocenters. The number of likely N-dealkylation sites (N-methyl/N-ethyl adjacent to an activating group) is 1. The lowest BCUT2D eigenvalue weighted by Gasteiger charge is -2.22. The summed E-state index contributed by atoms with van der Waals surface area (Å²) in [6, 6.07) is 8.08. The molecule has 9 heteroatoms. The number of guanidine groups is 1. The van der Waals surface area contributed by atoms with Gasteiger partial charge in [-0.2, -0.15) is 0 Å². The fraction of sp³-hybridized carbons (Fsp3) is 0.550. The summed E-state index contributed by atoms with van der Waals surface area (Å²) in [6.07, 6.45) is 0.909. The number of hydrogen-bond acceptors (Lipinski definition) is 5. The van der Waals surface area contributed by atoms with Crippen LogP contribution < -0.4 is 10.1 Å². The molecule has 0 saturated heterocycles. The summed E-state index contributed by atoms with van der Waals surface area (Å²) < 4.78 is 12.9. The van der Waals surface area contributed by atoms with Crippen LogP contribution in [0.25, 0.3) is 0 Å². The number of nitrogens with one attached hydrogen (secondary N) is 1. The van der Waals surface area contributed by atoms with Crippen LogP contribution >= 0.6 is 24.0 Å². The van der Waals surface area contributed by atoms with E-state index in [0.717, 1.165) is 36.3 Å². The van der Waals surface area contributed by atoms with Crippen molar-refractivity contribution in [1.82, 2.24) is 25.0 Å². The number of methoxy groups -OCH3 is 1. The third kappa shape index (κ3) is 8.57. The van der Waals surface area contributed by atoms with Crippen LogP contribution in [0.2, 0.25) is 0 Å². The molecular formula is C20H33IN6O2. The fourth-order valence-electron chi connectivity index (χ4n) is 2.50. The molecule has 0 saturated carbocycles. The van der Waals surface area contributed by atoms with Crippen molar-refractivity contribution < 1.29 is 9.47 Å². The maximum atomic E-state index is 5.84. The van der Waals surface area contributed by atoms with Crippen LogP contribution in [0.1, 0.15) is 23.6 Å². The zero-order chi connectivity index (χ0) is 20.4. The highest BCUT2D eigenvalue weighted by molar-refractivity contribution is 14.0. The van der Waals surface area contributed by atoms with Gasteiger partial charge in [-0.1, -0.05) is 17.7 Å². The predicted molar refractivity (Wildman–Crippen MR) is 126 cm³/mol. The molecule has 0 spiro atoms. The van der Waals surface area contributed by atoms with Gasteiger partial charge < -0.3 is 24.3 Å². The molecule has 1 aromatic heterocycles. The van der Waals surface area contributed by atoms with E-state index in [2.05, 4.69) is 27.3 Å². The van der Waals surface area contributed by atoms with Crippen LogP contribution in [0.4, 0.5) is 0 Å². The summed E-state index contributed by atoms with van der Waals surface area (Å²) in [5.74, 6) is 3.39. The van der Waals surface area contributed by atoms with Gasteiger partial charge in [-0.25, -0.2) is 4.99 Å². The number of nitrogens with zero attached hydrogens (tertiary/aromatic N) is 5. The standard InChI is InChI=1S/C20H32N6O2.HI/c1-16-7-9-18(10-8-16)28-14-12-25(3)20(21-11-6-13-27-5)22-15-19-24-23-17(2)26(19)4;/h7-10H,6,11-15H2,1-5H3,(H,21,22);1H. The van der Waals surface area contributed by atoms with E-state index in [1.807, 2.05) is 49.9 Å². The molecule has 1 heterocycles. The average molecular weight is 516 g/mol. The van der Waals surface area contributed by atoms with E-state index < -0.39 is 0 Å². The largest absolute Gasteiger partial charge is 0.492 e. The van der Waals surface area contributed by atoms with Crippen LogP contribution in [0.3, 0.4) is 0 Å². The van der Waals surface area contributed by atoms with Crippen LogP contribution in [0.5, 0.6) is 5.75 Å². The van der Waals surface area contributed by atoms with Gasteiger partial charge in [0, 0.05) is 34.4 Å². The van der Waals surface area contributed by atoms with Gasteiger partial charge in [-0.05, 0) is 32.4 Å². The average Bonchev–Trinajstić information content (AvgIpc) is 3.01. The molecule has 29 heavy (non-hydrogen) atoms. The Bertz CT molecular complexity index is 748. The van der Waals surface area contributed by atoms with Gasteiger partial charge in [0.25, 0.3) is 0 Å². The van der Waals surface area contributed by atoms with E-state index >= 15 is 0 Å². The van der Waals surface area contributed by atoms with Gasteiger partial charge in [-0.3, -0.25) is 0 Å². The van der Waals surface area contributed by atoms with Crippen molar-refractivity contribution in [2.24, 2.45) is 12.0 Å². The lowest BCUT2D eigenvalue weighted by atomic mass is 10.2. The Kier molecular flexibility index (Phi) is 11.6. The summed E-state index contributed by atoms with van der Waals surface area (Å²) >= 11 is 0. The lowest BCUT2D eigenvalue weighted by molar-refractivity contribution is 0.195. The molecule has 2 aromatic rings. The first-order chi connectivity index (χ1) is 13.5. The fourth-order valence-corrected chi connectivity index (χ4v) is 2.50. The Labute approximate surface area is 190 Å². The predicted octanol–water partition coefficient (Wildman–Crippen LogP) is 2.54. The smallest absolute Gasteiger partial charge is 0.194 e. The molecule has 0 fully saturated rings. The number of hydrogen-bond donors (Lipinski definition) is 1. The molecule has 0 radical (unpaired) electrons. The lowest BCUT2D eigenvalue weighted by Crippen LogP contribution is -2.41. The summed E-state index contributed by atoms with van der Waals surface area (Å²) in [4.78, 5) is 6.77. The van der Waals surface area contributed by atoms with Crippen LogP contribution in [-0.4, -0.2) is 66.1 Å². The van der Waals surface area contributed by atoms with Gasteiger partial charge in [0.2, 0.25) is 0 Å². The molecule has 0 aliphatic heterocycles. The summed E-state index contributed by atoms with van der Waals surface area (Å²) in [5.41, 5.74) is 1.22. The molecule has 0 unspecified atom stereocenters. The number of aromatic nitrogens is 3. The maximum absolute atomic E-state index is 5.84. The normalized spacial score (nSPS) is 11.1. The molecule has 162 valence electrons. The van der Waals surface area contributed by atoms with Crippen molar-refractivity contribution in [3.8, 4) is 5.75 Å². The molecule has 0 bridgehead atoms. The van der Waals surface area contributed by atoms with E-state index in [-0.39, 0.29) is 24.0 Å². The second-order valence-electron chi connectivity index (χ2n) is 6.72. The van der Waals surface area contributed by atoms with Crippen molar-refractivity contribution in [1.29, 1.82) is 0 Å². The van der Waals surface area contributed by atoms with Crippen molar-refractivity contribution in [2.75, 3.05) is 40.5 Å². The van der Waals surface area contributed by atoms with Gasteiger partial charge in [-0.15, -0.1) is 34.2 Å². The number of rotatable bonds is 10. The Morgan fingerprint density at radius 1 is 1.17 bits per heavy atom.